The Bertz CT molecular complexity index is 475. The van der Waals surface area contributed by atoms with Crippen molar-refractivity contribution in [2.45, 2.75) is 19.1 Å². The highest BCUT2D eigenvalue weighted by Crippen LogP contribution is 2.19. The van der Waals surface area contributed by atoms with Gasteiger partial charge in [0, 0.05) is 25.2 Å². The molecule has 1 aromatic carbocycles. The van der Waals surface area contributed by atoms with Crippen LogP contribution in [0.2, 0.25) is 0 Å². The van der Waals surface area contributed by atoms with Crippen molar-refractivity contribution in [2.24, 2.45) is 11.0 Å². The quantitative estimate of drug-likeness (QED) is 0.877. The molecule has 3 rings (SSSR count). The SMILES string of the molecule is O=C(OCc1ccccc1)N1CCC2NN=CC2C1. The topological polar surface area (TPSA) is 53.9 Å². The van der Waals surface area contributed by atoms with Crippen LogP contribution in [0.1, 0.15) is 12.0 Å². The average molecular weight is 259 g/mol. The average Bonchev–Trinajstić information content (AvgIpc) is 2.93. The molecule has 19 heavy (non-hydrogen) atoms. The molecule has 5 nitrogen and oxygen atoms in total. The van der Waals surface area contributed by atoms with Gasteiger partial charge in [0.2, 0.25) is 0 Å². The van der Waals surface area contributed by atoms with Crippen LogP contribution in [0.5, 0.6) is 0 Å². The maximum absolute atomic E-state index is 12.0. The first-order valence-electron chi connectivity index (χ1n) is 6.57. The smallest absolute Gasteiger partial charge is 0.410 e. The Hall–Kier alpha value is -2.04. The Kier molecular flexibility index (Phi) is 3.35. The predicted octanol–water partition coefficient (Wildman–Crippen LogP) is 1.60. The lowest BCUT2D eigenvalue weighted by Crippen LogP contribution is -2.47. The van der Waals surface area contributed by atoms with E-state index in [0.717, 1.165) is 18.5 Å². The molecule has 2 aliphatic rings. The van der Waals surface area contributed by atoms with E-state index in [4.69, 9.17) is 4.74 Å². The van der Waals surface area contributed by atoms with Gasteiger partial charge in [-0.25, -0.2) is 4.79 Å². The molecule has 0 aromatic heterocycles. The second kappa shape index (κ2) is 5.30. The Morgan fingerprint density at radius 2 is 2.26 bits per heavy atom. The predicted molar refractivity (Wildman–Crippen MR) is 71.7 cm³/mol. The maximum atomic E-state index is 12.0. The number of hydrogen-bond acceptors (Lipinski definition) is 4. The number of hydrogen-bond donors (Lipinski definition) is 1. The van der Waals surface area contributed by atoms with Gasteiger partial charge in [-0.3, -0.25) is 0 Å². The minimum absolute atomic E-state index is 0.234. The van der Waals surface area contributed by atoms with Crippen molar-refractivity contribution in [3.8, 4) is 0 Å². The number of nitrogens with zero attached hydrogens (tertiary/aromatic N) is 2. The molecule has 1 amide bonds. The van der Waals surface area contributed by atoms with Crippen molar-refractivity contribution in [3.05, 3.63) is 35.9 Å². The van der Waals surface area contributed by atoms with Crippen LogP contribution >= 0.6 is 0 Å². The van der Waals surface area contributed by atoms with Crippen LogP contribution in [0, 0.1) is 5.92 Å². The van der Waals surface area contributed by atoms with Gasteiger partial charge in [-0.15, -0.1) is 0 Å². The summed E-state index contributed by atoms with van der Waals surface area (Å²) >= 11 is 0. The van der Waals surface area contributed by atoms with E-state index in [-0.39, 0.29) is 6.09 Å². The molecule has 5 heteroatoms. The standard InChI is InChI=1S/C14H17N3O2/c18-14(19-10-11-4-2-1-3-5-11)17-7-6-13-12(9-17)8-15-16-13/h1-5,8,12-13,16H,6-7,9-10H2. The third-order valence-corrected chi connectivity index (χ3v) is 3.63. The third kappa shape index (κ3) is 2.70. The van der Waals surface area contributed by atoms with Gasteiger partial charge < -0.3 is 15.1 Å². The number of hydrazone groups is 1. The summed E-state index contributed by atoms with van der Waals surface area (Å²) in [6, 6.07) is 10.1. The summed E-state index contributed by atoms with van der Waals surface area (Å²) in [5.74, 6) is 0.318. The molecule has 2 unspecified atom stereocenters. The van der Waals surface area contributed by atoms with E-state index in [2.05, 4.69) is 10.5 Å². The summed E-state index contributed by atoms with van der Waals surface area (Å²) in [5, 5.41) is 4.06. The van der Waals surface area contributed by atoms with Crippen LogP contribution in [0.15, 0.2) is 35.4 Å². The van der Waals surface area contributed by atoms with Crippen LogP contribution in [0.4, 0.5) is 4.79 Å². The molecule has 0 spiro atoms. The number of nitrogens with one attached hydrogen (secondary N) is 1. The van der Waals surface area contributed by atoms with Crippen LogP contribution in [-0.2, 0) is 11.3 Å². The van der Waals surface area contributed by atoms with Crippen molar-refractivity contribution in [3.63, 3.8) is 0 Å². The zero-order chi connectivity index (χ0) is 13.1. The molecule has 100 valence electrons. The molecule has 1 N–H and O–H groups in total. The number of benzene rings is 1. The van der Waals surface area contributed by atoms with Gasteiger partial charge in [0.05, 0.1) is 6.04 Å². The second-order valence-corrected chi connectivity index (χ2v) is 4.95. The number of piperidine rings is 1. The van der Waals surface area contributed by atoms with Crippen LogP contribution in [-0.4, -0.2) is 36.3 Å². The first-order chi connectivity index (χ1) is 9.33. The Labute approximate surface area is 112 Å². The Morgan fingerprint density at radius 3 is 3.11 bits per heavy atom. The Morgan fingerprint density at radius 1 is 1.42 bits per heavy atom. The van der Waals surface area contributed by atoms with Gasteiger partial charge in [-0.1, -0.05) is 30.3 Å². The van der Waals surface area contributed by atoms with E-state index in [0.29, 0.717) is 25.1 Å². The first kappa shape index (κ1) is 12.0. The number of fused-ring (bicyclic) bond motifs is 1. The van der Waals surface area contributed by atoms with Gasteiger partial charge in [-0.05, 0) is 12.0 Å². The molecule has 1 aromatic rings. The van der Waals surface area contributed by atoms with E-state index in [1.807, 2.05) is 36.5 Å². The van der Waals surface area contributed by atoms with Gasteiger partial charge in [0.1, 0.15) is 6.61 Å². The highest BCUT2D eigenvalue weighted by molar-refractivity contribution is 5.70. The van der Waals surface area contributed by atoms with Gasteiger partial charge in [0.25, 0.3) is 0 Å². The van der Waals surface area contributed by atoms with Crippen molar-refractivity contribution in [2.75, 3.05) is 13.1 Å². The van der Waals surface area contributed by atoms with Gasteiger partial charge in [0.15, 0.2) is 0 Å². The first-order valence-corrected chi connectivity index (χ1v) is 6.57. The van der Waals surface area contributed by atoms with Crippen LogP contribution in [0.3, 0.4) is 0 Å². The third-order valence-electron chi connectivity index (χ3n) is 3.63. The minimum atomic E-state index is -0.234. The van der Waals surface area contributed by atoms with Gasteiger partial charge in [-0.2, -0.15) is 5.10 Å². The number of carbonyl (C=O) groups is 1. The molecule has 0 aliphatic carbocycles. The fourth-order valence-electron chi connectivity index (χ4n) is 2.50. The molecule has 0 saturated carbocycles. The lowest BCUT2D eigenvalue weighted by atomic mass is 9.95. The van der Waals surface area contributed by atoms with E-state index >= 15 is 0 Å². The molecule has 0 bridgehead atoms. The summed E-state index contributed by atoms with van der Waals surface area (Å²) in [5.41, 5.74) is 4.08. The molecular weight excluding hydrogens is 242 g/mol. The monoisotopic (exact) mass is 259 g/mol. The number of ether oxygens (including phenoxy) is 1. The minimum Gasteiger partial charge on any atom is -0.445 e. The summed E-state index contributed by atoms with van der Waals surface area (Å²) < 4.78 is 5.34. The van der Waals surface area contributed by atoms with Crippen molar-refractivity contribution >= 4 is 12.3 Å². The van der Waals surface area contributed by atoms with E-state index in [9.17, 15) is 4.79 Å². The molecule has 0 radical (unpaired) electrons. The fourth-order valence-corrected chi connectivity index (χ4v) is 2.50. The molecule has 2 aliphatic heterocycles. The Balaban J connectivity index is 1.52. The second-order valence-electron chi connectivity index (χ2n) is 4.95. The van der Waals surface area contributed by atoms with E-state index in [1.165, 1.54) is 0 Å². The van der Waals surface area contributed by atoms with E-state index in [1.54, 1.807) is 4.90 Å². The van der Waals surface area contributed by atoms with Crippen molar-refractivity contribution in [1.82, 2.24) is 10.3 Å². The molecule has 1 saturated heterocycles. The van der Waals surface area contributed by atoms with Crippen molar-refractivity contribution < 1.29 is 9.53 Å². The summed E-state index contributed by atoms with van der Waals surface area (Å²) in [6.07, 6.45) is 2.58. The fraction of sp³-hybridized carbons (Fsp3) is 0.429. The summed E-state index contributed by atoms with van der Waals surface area (Å²) in [7, 11) is 0. The van der Waals surface area contributed by atoms with Crippen molar-refractivity contribution in [1.29, 1.82) is 0 Å². The van der Waals surface area contributed by atoms with Crippen LogP contribution in [0.25, 0.3) is 0 Å². The van der Waals surface area contributed by atoms with Gasteiger partial charge >= 0.3 is 6.09 Å². The number of rotatable bonds is 2. The normalized spacial score (nSPS) is 24.7. The zero-order valence-electron chi connectivity index (χ0n) is 10.7. The maximum Gasteiger partial charge on any atom is 0.410 e. The molecular formula is C14H17N3O2. The largest absolute Gasteiger partial charge is 0.445 e. The van der Waals surface area contributed by atoms with E-state index < -0.39 is 0 Å². The number of carbonyl (C=O) groups excluding carboxylic acids is 1. The lowest BCUT2D eigenvalue weighted by Gasteiger charge is -2.32. The number of amides is 1. The summed E-state index contributed by atoms with van der Waals surface area (Å²) in [6.45, 7) is 1.75. The summed E-state index contributed by atoms with van der Waals surface area (Å²) in [4.78, 5) is 13.8. The highest BCUT2D eigenvalue weighted by atomic mass is 16.6. The lowest BCUT2D eigenvalue weighted by molar-refractivity contribution is 0.0814. The molecule has 2 atom stereocenters. The van der Waals surface area contributed by atoms with Crippen LogP contribution < -0.4 is 5.43 Å². The number of likely N-dealkylation sites (tertiary alicyclic amines) is 1. The zero-order valence-corrected chi connectivity index (χ0v) is 10.7. The molecule has 1 fully saturated rings. The molecule has 2 heterocycles. The highest BCUT2D eigenvalue weighted by Gasteiger charge is 2.33.